The zero-order valence-corrected chi connectivity index (χ0v) is 10.2. The summed E-state index contributed by atoms with van der Waals surface area (Å²) in [5, 5.41) is 0.878. The average Bonchev–Trinajstić information content (AvgIpc) is 2.91. The third kappa shape index (κ3) is 1.82. The zero-order chi connectivity index (χ0) is 11.0. The highest BCUT2D eigenvalue weighted by molar-refractivity contribution is 8.00. The second kappa shape index (κ2) is 4.30. The monoisotopic (exact) mass is 234 g/mol. The fourth-order valence-electron chi connectivity index (χ4n) is 2.77. The number of nitrogens with zero attached hydrogens (tertiary/aromatic N) is 1. The van der Waals surface area contributed by atoms with Crippen LogP contribution in [0.5, 0.6) is 0 Å². The number of nitrogens with two attached hydrogens (primary N) is 1. The molecule has 2 atom stereocenters. The van der Waals surface area contributed by atoms with Crippen molar-refractivity contribution in [3.63, 3.8) is 0 Å². The van der Waals surface area contributed by atoms with Crippen molar-refractivity contribution in [2.45, 2.75) is 24.1 Å². The Morgan fingerprint density at radius 2 is 2.38 bits per heavy atom. The molecule has 3 heteroatoms. The largest absolute Gasteiger partial charge is 0.367 e. The Hall–Kier alpha value is -0.670. The van der Waals surface area contributed by atoms with Gasteiger partial charge in [0.25, 0.3) is 0 Å². The molecule has 2 heterocycles. The molecule has 0 spiro atoms. The Kier molecular flexibility index (Phi) is 2.82. The average molecular weight is 234 g/mol. The molecular formula is C13H18N2S. The summed E-state index contributed by atoms with van der Waals surface area (Å²) in [5.41, 5.74) is 8.38. The van der Waals surface area contributed by atoms with Gasteiger partial charge in [0.15, 0.2) is 0 Å². The molecule has 3 rings (SSSR count). The first-order chi connectivity index (χ1) is 7.86. The summed E-state index contributed by atoms with van der Waals surface area (Å²) in [5.74, 6) is 1.31. The van der Waals surface area contributed by atoms with E-state index in [2.05, 4.69) is 40.9 Å². The van der Waals surface area contributed by atoms with E-state index < -0.39 is 0 Å². The molecule has 2 aliphatic rings. The Morgan fingerprint density at radius 3 is 3.06 bits per heavy atom. The van der Waals surface area contributed by atoms with Crippen LogP contribution in [-0.4, -0.2) is 30.1 Å². The van der Waals surface area contributed by atoms with Crippen molar-refractivity contribution in [2.24, 2.45) is 5.73 Å². The quantitative estimate of drug-likeness (QED) is 0.866. The molecule has 0 saturated carbocycles. The highest BCUT2D eigenvalue weighted by Crippen LogP contribution is 2.40. The predicted molar refractivity (Wildman–Crippen MR) is 71.2 cm³/mol. The second-order valence-corrected chi connectivity index (χ2v) is 6.04. The molecule has 0 amide bonds. The van der Waals surface area contributed by atoms with Gasteiger partial charge in [-0.05, 0) is 37.1 Å². The van der Waals surface area contributed by atoms with Gasteiger partial charge in [0.2, 0.25) is 0 Å². The number of rotatable bonds is 3. The minimum Gasteiger partial charge on any atom is -0.367 e. The number of thioether (sulfide) groups is 1. The Balaban J connectivity index is 1.81. The minimum atomic E-state index is 0.741. The SMILES string of the molecule is NCCc1cccc(N2CC3CC2CS3)c1. The van der Waals surface area contributed by atoms with Crippen LogP contribution in [0.15, 0.2) is 24.3 Å². The predicted octanol–water partition coefficient (Wildman–Crippen LogP) is 1.88. The fraction of sp³-hybridized carbons (Fsp3) is 0.538. The van der Waals surface area contributed by atoms with Crippen molar-refractivity contribution in [2.75, 3.05) is 23.7 Å². The standard InChI is InChI=1S/C13H18N2S/c14-5-4-10-2-1-3-11(6-10)15-8-13-7-12(15)9-16-13/h1-3,6,12-13H,4-5,7-9,14H2. The summed E-state index contributed by atoms with van der Waals surface area (Å²) >= 11 is 2.14. The van der Waals surface area contributed by atoms with Crippen LogP contribution in [0, 0.1) is 0 Å². The number of hydrogen-bond acceptors (Lipinski definition) is 3. The fourth-order valence-corrected chi connectivity index (χ4v) is 4.21. The van der Waals surface area contributed by atoms with Crippen LogP contribution >= 0.6 is 11.8 Å². The molecule has 2 aliphatic heterocycles. The van der Waals surface area contributed by atoms with Crippen molar-refractivity contribution < 1.29 is 0 Å². The van der Waals surface area contributed by atoms with Gasteiger partial charge in [0.1, 0.15) is 0 Å². The van der Waals surface area contributed by atoms with Crippen molar-refractivity contribution >= 4 is 17.4 Å². The lowest BCUT2D eigenvalue weighted by Gasteiger charge is -2.29. The summed E-state index contributed by atoms with van der Waals surface area (Å²) in [4.78, 5) is 2.58. The maximum Gasteiger partial charge on any atom is 0.0392 e. The normalized spacial score (nSPS) is 27.7. The maximum absolute atomic E-state index is 5.61. The van der Waals surface area contributed by atoms with Gasteiger partial charge in [0, 0.05) is 29.3 Å². The van der Waals surface area contributed by atoms with Gasteiger partial charge in [-0.15, -0.1) is 0 Å². The maximum atomic E-state index is 5.61. The summed E-state index contributed by atoms with van der Waals surface area (Å²) in [6, 6.07) is 9.69. The van der Waals surface area contributed by atoms with Crippen LogP contribution < -0.4 is 10.6 Å². The van der Waals surface area contributed by atoms with E-state index in [1.54, 1.807) is 0 Å². The molecule has 2 nitrogen and oxygen atoms in total. The van der Waals surface area contributed by atoms with E-state index in [9.17, 15) is 0 Å². The first-order valence-electron chi connectivity index (χ1n) is 6.04. The van der Waals surface area contributed by atoms with E-state index >= 15 is 0 Å². The van der Waals surface area contributed by atoms with Crippen LogP contribution in [-0.2, 0) is 6.42 Å². The highest BCUT2D eigenvalue weighted by atomic mass is 32.2. The second-order valence-electron chi connectivity index (χ2n) is 4.71. The molecular weight excluding hydrogens is 216 g/mol. The van der Waals surface area contributed by atoms with Crippen LogP contribution in [0.1, 0.15) is 12.0 Å². The topological polar surface area (TPSA) is 29.3 Å². The van der Waals surface area contributed by atoms with Gasteiger partial charge < -0.3 is 10.6 Å². The molecule has 1 aromatic rings. The first-order valence-corrected chi connectivity index (χ1v) is 7.09. The first kappa shape index (κ1) is 10.5. The van der Waals surface area contributed by atoms with Gasteiger partial charge in [0.05, 0.1) is 0 Å². The zero-order valence-electron chi connectivity index (χ0n) is 9.43. The minimum absolute atomic E-state index is 0.741. The number of hydrogen-bond donors (Lipinski definition) is 1. The van der Waals surface area contributed by atoms with Crippen LogP contribution in [0.4, 0.5) is 5.69 Å². The molecule has 0 aromatic heterocycles. The molecule has 86 valence electrons. The number of anilines is 1. The van der Waals surface area contributed by atoms with E-state index in [-0.39, 0.29) is 0 Å². The lowest BCUT2D eigenvalue weighted by Crippen LogP contribution is -2.33. The Morgan fingerprint density at radius 1 is 1.44 bits per heavy atom. The van der Waals surface area contributed by atoms with Gasteiger partial charge >= 0.3 is 0 Å². The third-order valence-electron chi connectivity index (χ3n) is 3.58. The van der Waals surface area contributed by atoms with E-state index in [1.807, 2.05) is 0 Å². The van der Waals surface area contributed by atoms with Crippen LogP contribution in [0.3, 0.4) is 0 Å². The molecule has 16 heavy (non-hydrogen) atoms. The smallest absolute Gasteiger partial charge is 0.0392 e. The Labute approximate surface area is 101 Å². The summed E-state index contributed by atoms with van der Waals surface area (Å²) < 4.78 is 0. The molecule has 2 fully saturated rings. The molecule has 0 aliphatic carbocycles. The van der Waals surface area contributed by atoms with Crippen molar-refractivity contribution in [1.82, 2.24) is 0 Å². The third-order valence-corrected chi connectivity index (χ3v) is 4.97. The molecule has 0 radical (unpaired) electrons. The van der Waals surface area contributed by atoms with Gasteiger partial charge in [-0.3, -0.25) is 0 Å². The van der Waals surface area contributed by atoms with Gasteiger partial charge in [-0.1, -0.05) is 12.1 Å². The summed E-state index contributed by atoms with van der Waals surface area (Å²) in [6.45, 7) is 1.98. The van der Waals surface area contributed by atoms with Gasteiger partial charge in [-0.25, -0.2) is 0 Å². The lowest BCUT2D eigenvalue weighted by molar-refractivity contribution is 0.762. The van der Waals surface area contributed by atoms with Crippen molar-refractivity contribution in [3.05, 3.63) is 29.8 Å². The molecule has 2 saturated heterocycles. The van der Waals surface area contributed by atoms with Crippen molar-refractivity contribution in [3.8, 4) is 0 Å². The molecule has 2 bridgehead atoms. The summed E-state index contributed by atoms with van der Waals surface area (Å²) in [7, 11) is 0. The van der Waals surface area contributed by atoms with E-state index in [0.717, 1.165) is 24.3 Å². The molecule has 2 N–H and O–H groups in total. The highest BCUT2D eigenvalue weighted by Gasteiger charge is 2.38. The van der Waals surface area contributed by atoms with Crippen LogP contribution in [0.25, 0.3) is 0 Å². The lowest BCUT2D eigenvalue weighted by atomic mass is 10.1. The van der Waals surface area contributed by atoms with Crippen molar-refractivity contribution in [1.29, 1.82) is 0 Å². The van der Waals surface area contributed by atoms with Gasteiger partial charge in [-0.2, -0.15) is 11.8 Å². The number of benzene rings is 1. The number of fused-ring (bicyclic) bond motifs is 2. The van der Waals surface area contributed by atoms with E-state index in [1.165, 1.54) is 30.0 Å². The Bertz CT molecular complexity index is 380. The van der Waals surface area contributed by atoms with E-state index in [4.69, 9.17) is 5.73 Å². The van der Waals surface area contributed by atoms with Crippen LogP contribution in [0.2, 0.25) is 0 Å². The summed E-state index contributed by atoms with van der Waals surface area (Å²) in [6.07, 6.45) is 2.37. The molecule has 2 unspecified atom stereocenters. The van der Waals surface area contributed by atoms with E-state index in [0.29, 0.717) is 0 Å². The molecule has 1 aromatic carbocycles.